The fourth-order valence-corrected chi connectivity index (χ4v) is 2.42. The van der Waals surface area contributed by atoms with Gasteiger partial charge in [-0.05, 0) is 43.7 Å². The molecule has 0 spiro atoms. The van der Waals surface area contributed by atoms with Gasteiger partial charge in [-0.1, -0.05) is 12.1 Å². The number of nitrogens with one attached hydrogen (secondary N) is 2. The first kappa shape index (κ1) is 15.2. The van der Waals surface area contributed by atoms with Crippen LogP contribution in [0.2, 0.25) is 0 Å². The van der Waals surface area contributed by atoms with Crippen LogP contribution in [0.4, 0.5) is 11.4 Å². The van der Waals surface area contributed by atoms with Crippen LogP contribution < -0.4 is 20.1 Å². The molecule has 120 valence electrons. The van der Waals surface area contributed by atoms with Crippen molar-refractivity contribution in [3.63, 3.8) is 0 Å². The zero-order valence-corrected chi connectivity index (χ0v) is 13.3. The predicted molar refractivity (Wildman–Crippen MR) is 90.3 cm³/mol. The number of carbonyl (C=O) groups is 1. The molecule has 1 amide bonds. The second kappa shape index (κ2) is 6.60. The molecule has 2 aromatic carbocycles. The van der Waals surface area contributed by atoms with Gasteiger partial charge in [0, 0.05) is 17.4 Å². The summed E-state index contributed by atoms with van der Waals surface area (Å²) in [4.78, 5) is 12.3. The number of benzene rings is 2. The van der Waals surface area contributed by atoms with E-state index in [9.17, 15) is 4.79 Å². The van der Waals surface area contributed by atoms with Gasteiger partial charge in [0.05, 0.1) is 0 Å². The third-order valence-electron chi connectivity index (χ3n) is 3.60. The summed E-state index contributed by atoms with van der Waals surface area (Å²) >= 11 is 0. The lowest BCUT2D eigenvalue weighted by Gasteiger charge is -2.20. The minimum absolute atomic E-state index is 0.108. The summed E-state index contributed by atoms with van der Waals surface area (Å²) in [7, 11) is 0. The first-order valence-corrected chi connectivity index (χ1v) is 7.65. The summed E-state index contributed by atoms with van der Waals surface area (Å²) in [6.07, 6.45) is 0. The molecule has 0 aliphatic carbocycles. The lowest BCUT2D eigenvalue weighted by molar-refractivity contribution is -0.116. The van der Waals surface area contributed by atoms with Gasteiger partial charge >= 0.3 is 0 Å². The Morgan fingerprint density at radius 1 is 1.04 bits per heavy atom. The van der Waals surface area contributed by atoms with Gasteiger partial charge in [-0.15, -0.1) is 0 Å². The monoisotopic (exact) mass is 312 g/mol. The van der Waals surface area contributed by atoms with Crippen molar-refractivity contribution in [2.24, 2.45) is 0 Å². The smallest absolute Gasteiger partial charge is 0.246 e. The molecule has 0 saturated heterocycles. The Bertz CT molecular complexity index is 715. The molecule has 23 heavy (non-hydrogen) atoms. The maximum Gasteiger partial charge on any atom is 0.246 e. The average molecular weight is 312 g/mol. The molecular formula is C18H20N2O3. The highest BCUT2D eigenvalue weighted by molar-refractivity contribution is 5.96. The largest absolute Gasteiger partial charge is 0.486 e. The van der Waals surface area contributed by atoms with Crippen LogP contribution in [0.5, 0.6) is 11.5 Å². The van der Waals surface area contributed by atoms with Crippen molar-refractivity contribution in [3.8, 4) is 11.5 Å². The van der Waals surface area contributed by atoms with Crippen LogP contribution in [0.15, 0.2) is 42.5 Å². The van der Waals surface area contributed by atoms with Crippen molar-refractivity contribution in [2.75, 3.05) is 23.8 Å². The van der Waals surface area contributed by atoms with Gasteiger partial charge in [-0.2, -0.15) is 0 Å². The predicted octanol–water partition coefficient (Wildman–Crippen LogP) is 3.21. The number of hydrogen-bond acceptors (Lipinski definition) is 4. The molecular weight excluding hydrogens is 292 g/mol. The van der Waals surface area contributed by atoms with Crippen LogP contribution in [0.25, 0.3) is 0 Å². The highest BCUT2D eigenvalue weighted by Gasteiger charge is 2.16. The van der Waals surface area contributed by atoms with Gasteiger partial charge in [0.15, 0.2) is 11.5 Å². The molecule has 0 unspecified atom stereocenters. The van der Waals surface area contributed by atoms with Crippen molar-refractivity contribution in [2.45, 2.75) is 19.9 Å². The van der Waals surface area contributed by atoms with Gasteiger partial charge in [0.2, 0.25) is 5.91 Å². The first-order valence-electron chi connectivity index (χ1n) is 7.65. The summed E-state index contributed by atoms with van der Waals surface area (Å²) in [5, 5.41) is 6.09. The van der Waals surface area contributed by atoms with Gasteiger partial charge in [-0.25, -0.2) is 0 Å². The van der Waals surface area contributed by atoms with E-state index in [0.29, 0.717) is 30.4 Å². The molecule has 1 aliphatic rings. The summed E-state index contributed by atoms with van der Waals surface area (Å²) in [6, 6.07) is 13.0. The van der Waals surface area contributed by atoms with E-state index in [4.69, 9.17) is 9.47 Å². The molecule has 1 atom stereocenters. The van der Waals surface area contributed by atoms with Gasteiger partial charge < -0.3 is 20.1 Å². The number of rotatable bonds is 4. The fourth-order valence-electron chi connectivity index (χ4n) is 2.42. The summed E-state index contributed by atoms with van der Waals surface area (Å²) in [5.41, 5.74) is 2.77. The molecule has 1 heterocycles. The number of ether oxygens (including phenoxy) is 2. The number of amides is 1. The van der Waals surface area contributed by atoms with Crippen LogP contribution in [0.3, 0.4) is 0 Å². The Morgan fingerprint density at radius 3 is 2.61 bits per heavy atom. The van der Waals surface area contributed by atoms with E-state index in [2.05, 4.69) is 10.6 Å². The van der Waals surface area contributed by atoms with Crippen molar-refractivity contribution < 1.29 is 14.3 Å². The minimum Gasteiger partial charge on any atom is -0.486 e. The second-order valence-electron chi connectivity index (χ2n) is 5.58. The van der Waals surface area contributed by atoms with Crippen LogP contribution >= 0.6 is 0 Å². The van der Waals surface area contributed by atoms with E-state index in [1.54, 1.807) is 6.07 Å². The highest BCUT2D eigenvalue weighted by Crippen LogP contribution is 2.32. The number of carbonyl (C=O) groups excluding carboxylic acids is 1. The van der Waals surface area contributed by atoms with Gasteiger partial charge in [0.1, 0.15) is 19.3 Å². The Balaban J connectivity index is 1.64. The third kappa shape index (κ3) is 3.74. The molecule has 0 bridgehead atoms. The van der Waals surface area contributed by atoms with Gasteiger partial charge in [-0.3, -0.25) is 4.79 Å². The molecule has 0 aromatic heterocycles. The van der Waals surface area contributed by atoms with E-state index in [0.717, 1.165) is 11.3 Å². The minimum atomic E-state index is -0.356. The summed E-state index contributed by atoms with van der Waals surface area (Å²) in [6.45, 7) is 4.92. The van der Waals surface area contributed by atoms with Crippen molar-refractivity contribution in [1.29, 1.82) is 0 Å². The quantitative estimate of drug-likeness (QED) is 0.910. The van der Waals surface area contributed by atoms with Crippen molar-refractivity contribution in [1.82, 2.24) is 0 Å². The molecule has 5 heteroatoms. The topological polar surface area (TPSA) is 59.6 Å². The molecule has 0 fully saturated rings. The molecule has 3 rings (SSSR count). The number of anilines is 2. The molecule has 1 aliphatic heterocycles. The first-order chi connectivity index (χ1) is 11.1. The Kier molecular flexibility index (Phi) is 4.37. The zero-order valence-electron chi connectivity index (χ0n) is 13.3. The number of fused-ring (bicyclic) bond motifs is 1. The SMILES string of the molecule is Cc1cccc(N[C@@H](C)C(=O)Nc2ccc3c(c2)OCCO3)c1. The van der Waals surface area contributed by atoms with E-state index >= 15 is 0 Å². The van der Waals surface area contributed by atoms with E-state index in [-0.39, 0.29) is 11.9 Å². The van der Waals surface area contributed by atoms with Crippen LogP contribution in [0, 0.1) is 6.92 Å². The van der Waals surface area contributed by atoms with E-state index in [1.165, 1.54) is 0 Å². The second-order valence-corrected chi connectivity index (χ2v) is 5.58. The molecule has 2 N–H and O–H groups in total. The summed E-state index contributed by atoms with van der Waals surface area (Å²) < 4.78 is 11.0. The van der Waals surface area contributed by atoms with Crippen LogP contribution in [-0.2, 0) is 4.79 Å². The molecule has 2 aromatic rings. The maximum absolute atomic E-state index is 12.3. The van der Waals surface area contributed by atoms with E-state index in [1.807, 2.05) is 50.2 Å². The van der Waals surface area contributed by atoms with Crippen molar-refractivity contribution >= 4 is 17.3 Å². The summed E-state index contributed by atoms with van der Waals surface area (Å²) in [5.74, 6) is 1.26. The molecule has 0 radical (unpaired) electrons. The van der Waals surface area contributed by atoms with Crippen LogP contribution in [-0.4, -0.2) is 25.2 Å². The number of aryl methyl sites for hydroxylation is 1. The maximum atomic E-state index is 12.3. The fraction of sp³-hybridized carbons (Fsp3) is 0.278. The lowest BCUT2D eigenvalue weighted by atomic mass is 10.2. The highest BCUT2D eigenvalue weighted by atomic mass is 16.6. The Hall–Kier alpha value is -2.69. The molecule has 0 saturated carbocycles. The molecule has 5 nitrogen and oxygen atoms in total. The van der Waals surface area contributed by atoms with E-state index < -0.39 is 0 Å². The third-order valence-corrected chi connectivity index (χ3v) is 3.60. The van der Waals surface area contributed by atoms with Crippen LogP contribution in [0.1, 0.15) is 12.5 Å². The van der Waals surface area contributed by atoms with Gasteiger partial charge in [0.25, 0.3) is 0 Å². The van der Waals surface area contributed by atoms with Crippen molar-refractivity contribution in [3.05, 3.63) is 48.0 Å². The average Bonchev–Trinajstić information content (AvgIpc) is 2.54. The Morgan fingerprint density at radius 2 is 1.83 bits per heavy atom. The standard InChI is InChI=1S/C18H20N2O3/c1-12-4-3-5-14(10-12)19-13(2)18(21)20-15-6-7-16-17(11-15)23-9-8-22-16/h3-7,10-11,13,19H,8-9H2,1-2H3,(H,20,21)/t13-/m0/s1. The lowest BCUT2D eigenvalue weighted by Crippen LogP contribution is -2.31. The number of hydrogen-bond donors (Lipinski definition) is 2. The normalized spacial score (nSPS) is 14.0. The Labute approximate surface area is 135 Å². The zero-order chi connectivity index (χ0) is 16.2.